The summed E-state index contributed by atoms with van der Waals surface area (Å²) in [6.07, 6.45) is 9.99. The third kappa shape index (κ3) is 7.76. The molecule has 1 aromatic carbocycles. The van der Waals surface area contributed by atoms with Crippen molar-refractivity contribution < 1.29 is 9.72 Å². The van der Waals surface area contributed by atoms with Crippen molar-refractivity contribution in [2.24, 2.45) is 0 Å². The molecule has 5 heteroatoms. The van der Waals surface area contributed by atoms with Crippen LogP contribution in [-0.4, -0.2) is 10.8 Å². The van der Waals surface area contributed by atoms with Gasteiger partial charge in [-0.3, -0.25) is 14.9 Å². The maximum Gasteiger partial charge on any atom is 0.271 e. The lowest BCUT2D eigenvalue weighted by Crippen LogP contribution is -2.11. The highest BCUT2D eigenvalue weighted by molar-refractivity contribution is 5.90. The number of nitro benzene ring substituents is 1. The highest BCUT2D eigenvalue weighted by atomic mass is 16.6. The molecular formula is C17H26N2O3. The molecule has 0 aliphatic carbocycles. The van der Waals surface area contributed by atoms with Gasteiger partial charge in [-0.05, 0) is 12.5 Å². The molecule has 0 aliphatic rings. The van der Waals surface area contributed by atoms with Gasteiger partial charge < -0.3 is 5.32 Å². The fourth-order valence-corrected chi connectivity index (χ4v) is 2.34. The maximum atomic E-state index is 11.8. The Hall–Kier alpha value is -1.91. The molecule has 0 radical (unpaired) electrons. The largest absolute Gasteiger partial charge is 0.326 e. The topological polar surface area (TPSA) is 72.2 Å². The van der Waals surface area contributed by atoms with E-state index in [1.165, 1.54) is 50.7 Å². The first kappa shape index (κ1) is 18.1. The third-order valence-corrected chi connectivity index (χ3v) is 3.60. The smallest absolute Gasteiger partial charge is 0.271 e. The zero-order valence-electron chi connectivity index (χ0n) is 13.3. The van der Waals surface area contributed by atoms with Crippen LogP contribution in [0.1, 0.15) is 64.7 Å². The molecule has 1 aromatic rings. The van der Waals surface area contributed by atoms with Crippen LogP contribution in [0, 0.1) is 10.1 Å². The summed E-state index contributed by atoms with van der Waals surface area (Å²) in [5.41, 5.74) is 0.476. The highest BCUT2D eigenvalue weighted by Crippen LogP contribution is 2.17. The molecule has 22 heavy (non-hydrogen) atoms. The second-order valence-electron chi connectivity index (χ2n) is 5.58. The van der Waals surface area contributed by atoms with E-state index in [-0.39, 0.29) is 11.6 Å². The van der Waals surface area contributed by atoms with Crippen LogP contribution in [0.5, 0.6) is 0 Å². The van der Waals surface area contributed by atoms with Gasteiger partial charge in [-0.25, -0.2) is 0 Å². The predicted molar refractivity (Wildman–Crippen MR) is 89.0 cm³/mol. The first-order valence-corrected chi connectivity index (χ1v) is 8.17. The Morgan fingerprint density at radius 3 is 2.36 bits per heavy atom. The van der Waals surface area contributed by atoms with Crippen LogP contribution in [0.25, 0.3) is 0 Å². The van der Waals surface area contributed by atoms with Crippen LogP contribution in [0.4, 0.5) is 11.4 Å². The molecule has 0 saturated heterocycles. The van der Waals surface area contributed by atoms with E-state index in [1.54, 1.807) is 12.1 Å². The van der Waals surface area contributed by atoms with Crippen molar-refractivity contribution in [3.05, 3.63) is 34.4 Å². The molecule has 0 aliphatic heterocycles. The predicted octanol–water partition coefficient (Wildman–Crippen LogP) is 5.06. The molecule has 0 heterocycles. The molecule has 1 N–H and O–H groups in total. The van der Waals surface area contributed by atoms with Crippen molar-refractivity contribution in [3.8, 4) is 0 Å². The minimum absolute atomic E-state index is 0.00937. The molecule has 0 fully saturated rings. The van der Waals surface area contributed by atoms with Gasteiger partial charge in [-0.15, -0.1) is 0 Å². The molecule has 0 spiro atoms. The van der Waals surface area contributed by atoms with Crippen LogP contribution in [0.2, 0.25) is 0 Å². The van der Waals surface area contributed by atoms with E-state index in [2.05, 4.69) is 12.2 Å². The molecule has 1 rings (SSSR count). The van der Waals surface area contributed by atoms with E-state index in [1.807, 2.05) is 0 Å². The number of nitrogens with zero attached hydrogens (tertiary/aromatic N) is 1. The van der Waals surface area contributed by atoms with Crippen LogP contribution in [-0.2, 0) is 4.79 Å². The van der Waals surface area contributed by atoms with E-state index in [0.717, 1.165) is 12.8 Å². The summed E-state index contributed by atoms with van der Waals surface area (Å²) in [5.74, 6) is -0.0773. The molecular weight excluding hydrogens is 280 g/mol. The van der Waals surface area contributed by atoms with Crippen molar-refractivity contribution in [1.29, 1.82) is 0 Å². The molecule has 0 unspecified atom stereocenters. The molecule has 0 aromatic heterocycles. The number of nitrogens with one attached hydrogen (secondary N) is 1. The van der Waals surface area contributed by atoms with Crippen molar-refractivity contribution in [3.63, 3.8) is 0 Å². The lowest BCUT2D eigenvalue weighted by molar-refractivity contribution is -0.384. The van der Waals surface area contributed by atoms with Gasteiger partial charge in [0.15, 0.2) is 0 Å². The van der Waals surface area contributed by atoms with Gasteiger partial charge in [0.05, 0.1) is 4.92 Å². The zero-order chi connectivity index (χ0) is 16.2. The maximum absolute atomic E-state index is 11.8. The number of hydrogen-bond donors (Lipinski definition) is 1. The minimum atomic E-state index is -0.464. The summed E-state index contributed by atoms with van der Waals surface area (Å²) in [5, 5.41) is 13.4. The van der Waals surface area contributed by atoms with Crippen molar-refractivity contribution in [1.82, 2.24) is 0 Å². The number of carbonyl (C=O) groups excluding carboxylic acids is 1. The van der Waals surface area contributed by atoms with Crippen LogP contribution in [0.3, 0.4) is 0 Å². The number of non-ortho nitro benzene ring substituents is 1. The van der Waals surface area contributed by atoms with Crippen molar-refractivity contribution in [2.75, 3.05) is 5.32 Å². The summed E-state index contributed by atoms with van der Waals surface area (Å²) >= 11 is 0. The third-order valence-electron chi connectivity index (χ3n) is 3.60. The standard InChI is InChI=1S/C17H26N2O3/c1-2-3-4-5-6-7-8-9-13-17(20)18-15-11-10-12-16(14-15)19(21)22/h10-12,14H,2-9,13H2,1H3,(H,18,20). The van der Waals surface area contributed by atoms with Crippen LogP contribution in [0.15, 0.2) is 24.3 Å². The van der Waals surface area contributed by atoms with Gasteiger partial charge in [0, 0.05) is 24.2 Å². The number of amides is 1. The number of carbonyl (C=O) groups is 1. The summed E-state index contributed by atoms with van der Waals surface area (Å²) in [6, 6.07) is 6.03. The number of unbranched alkanes of at least 4 members (excludes halogenated alkanes) is 7. The number of anilines is 1. The van der Waals surface area contributed by atoms with E-state index in [4.69, 9.17) is 0 Å². The van der Waals surface area contributed by atoms with Gasteiger partial charge in [-0.1, -0.05) is 57.9 Å². The quantitative estimate of drug-likeness (QED) is 0.352. The normalized spacial score (nSPS) is 10.4. The van der Waals surface area contributed by atoms with Crippen LogP contribution < -0.4 is 5.32 Å². The van der Waals surface area contributed by atoms with Crippen molar-refractivity contribution >= 4 is 17.3 Å². The summed E-state index contributed by atoms with van der Waals surface area (Å²) < 4.78 is 0. The second kappa shape index (κ2) is 10.8. The Balaban J connectivity index is 2.16. The fraction of sp³-hybridized carbons (Fsp3) is 0.588. The summed E-state index contributed by atoms with van der Waals surface area (Å²) in [7, 11) is 0. The number of benzene rings is 1. The van der Waals surface area contributed by atoms with E-state index in [9.17, 15) is 14.9 Å². The highest BCUT2D eigenvalue weighted by Gasteiger charge is 2.07. The monoisotopic (exact) mass is 306 g/mol. The van der Waals surface area contributed by atoms with Gasteiger partial charge in [0.1, 0.15) is 0 Å². The average Bonchev–Trinajstić information content (AvgIpc) is 2.50. The van der Waals surface area contributed by atoms with Crippen LogP contribution >= 0.6 is 0 Å². The molecule has 0 atom stereocenters. The van der Waals surface area contributed by atoms with E-state index < -0.39 is 4.92 Å². The Labute approximate surface area is 132 Å². The fourth-order valence-electron chi connectivity index (χ4n) is 2.34. The Morgan fingerprint density at radius 2 is 1.73 bits per heavy atom. The van der Waals surface area contributed by atoms with E-state index in [0.29, 0.717) is 12.1 Å². The molecule has 0 bridgehead atoms. The molecule has 1 amide bonds. The van der Waals surface area contributed by atoms with E-state index >= 15 is 0 Å². The average molecular weight is 306 g/mol. The Kier molecular flexibility index (Phi) is 8.88. The molecule has 0 saturated carbocycles. The van der Waals surface area contributed by atoms with Gasteiger partial charge in [-0.2, -0.15) is 0 Å². The van der Waals surface area contributed by atoms with Gasteiger partial charge >= 0.3 is 0 Å². The SMILES string of the molecule is CCCCCCCCCCC(=O)Nc1cccc([N+](=O)[O-])c1. The minimum Gasteiger partial charge on any atom is -0.326 e. The number of rotatable bonds is 11. The Bertz CT molecular complexity index is 475. The molecule has 5 nitrogen and oxygen atoms in total. The van der Waals surface area contributed by atoms with Gasteiger partial charge in [0.25, 0.3) is 5.69 Å². The number of hydrogen-bond acceptors (Lipinski definition) is 3. The lowest BCUT2D eigenvalue weighted by atomic mass is 10.1. The zero-order valence-corrected chi connectivity index (χ0v) is 13.3. The second-order valence-corrected chi connectivity index (χ2v) is 5.58. The first-order valence-electron chi connectivity index (χ1n) is 8.17. The first-order chi connectivity index (χ1) is 10.6. The van der Waals surface area contributed by atoms with Gasteiger partial charge in [0.2, 0.25) is 5.91 Å². The Morgan fingerprint density at radius 1 is 1.09 bits per heavy atom. The number of nitro groups is 1. The van der Waals surface area contributed by atoms with Crippen molar-refractivity contribution in [2.45, 2.75) is 64.7 Å². The summed E-state index contributed by atoms with van der Waals surface area (Å²) in [4.78, 5) is 22.0. The summed E-state index contributed by atoms with van der Waals surface area (Å²) in [6.45, 7) is 2.21. The lowest BCUT2D eigenvalue weighted by Gasteiger charge is -2.05. The molecule has 122 valence electrons.